The van der Waals surface area contributed by atoms with E-state index in [0.717, 1.165) is 60.6 Å². The molecule has 2 N–H and O–H groups in total. The second-order valence-corrected chi connectivity index (χ2v) is 23.0. The van der Waals surface area contributed by atoms with Crippen molar-refractivity contribution >= 4 is 11.9 Å². The van der Waals surface area contributed by atoms with Crippen molar-refractivity contribution in [1.82, 2.24) is 10.6 Å². The molecule has 2 spiro atoms. The highest BCUT2D eigenvalue weighted by Gasteiger charge is 2.70. The van der Waals surface area contributed by atoms with Crippen LogP contribution in [0.25, 0.3) is 0 Å². The molecule has 10 rings (SSSR count). The maximum Gasteiger partial charge on any atom is 0.201 e. The fourth-order valence-corrected chi connectivity index (χ4v) is 12.3. The Labute approximate surface area is 383 Å². The van der Waals surface area contributed by atoms with Crippen LogP contribution in [0, 0.1) is 47.3 Å². The van der Waals surface area contributed by atoms with Gasteiger partial charge in [0.15, 0.2) is 23.8 Å². The van der Waals surface area contributed by atoms with Gasteiger partial charge in [0.05, 0.1) is 67.3 Å². The molecule has 0 aromatic rings. The molecular weight excluding hydrogens is 825 g/mol. The van der Waals surface area contributed by atoms with Crippen molar-refractivity contribution in [2.24, 2.45) is 47.3 Å². The number of rotatable bonds is 14. The molecule has 2 unspecified atom stereocenters. The fourth-order valence-electron chi connectivity index (χ4n) is 12.3. The number of fused-ring (bicyclic) bond motifs is 4. The van der Waals surface area contributed by atoms with Crippen molar-refractivity contribution in [2.45, 2.75) is 166 Å². The van der Waals surface area contributed by atoms with Crippen molar-refractivity contribution in [3.05, 3.63) is 12.2 Å². The van der Waals surface area contributed by atoms with E-state index < -0.39 is 34.7 Å². The van der Waals surface area contributed by atoms with E-state index in [1.165, 1.54) is 51.6 Å². The number of hydrogen-bond acceptors (Lipinski definition) is 14. The number of carboxylic acids is 2. The smallest absolute Gasteiger partial charge is 0.201 e. The molecule has 0 aromatic carbocycles. The van der Waals surface area contributed by atoms with E-state index in [1.54, 1.807) is 0 Å². The van der Waals surface area contributed by atoms with E-state index in [4.69, 9.17) is 38.5 Å². The summed E-state index contributed by atoms with van der Waals surface area (Å²) in [4.78, 5) is 43.0. The third-order valence-electron chi connectivity index (χ3n) is 15.9. The van der Waals surface area contributed by atoms with Gasteiger partial charge in [0.1, 0.15) is 12.5 Å². The van der Waals surface area contributed by atoms with Crippen LogP contribution in [0.4, 0.5) is 0 Å². The first kappa shape index (κ1) is 51.6. The van der Waals surface area contributed by atoms with Gasteiger partial charge in [0.2, 0.25) is 11.6 Å². The molecule has 2 saturated carbocycles. The molecule has 10 aliphatic rings. The predicted molar refractivity (Wildman–Crippen MR) is 233 cm³/mol. The highest BCUT2D eigenvalue weighted by molar-refractivity contribution is 5.87. The number of hydrogen-bond donors (Lipinski definition) is 2. The summed E-state index contributed by atoms with van der Waals surface area (Å²) in [6, 6.07) is 0. The number of quaternary nitrogens is 2. The van der Waals surface area contributed by atoms with Crippen molar-refractivity contribution in [3.63, 3.8) is 0 Å². The number of carbonyl (C=O) groups excluding carboxylic acids is 2. The molecule has 0 aromatic heterocycles. The van der Waals surface area contributed by atoms with Gasteiger partial charge in [-0.3, -0.25) is 10.6 Å². The monoisotopic (exact) mass is 909 g/mol. The molecular formula is C48H84N4O12. The number of carboxylic acid groups (broad SMARTS) is 2. The Morgan fingerprint density at radius 2 is 0.938 bits per heavy atom. The summed E-state index contributed by atoms with van der Waals surface area (Å²) in [6.45, 7) is 17.7. The molecule has 0 radical (unpaired) electrons. The summed E-state index contributed by atoms with van der Waals surface area (Å²) in [6.07, 6.45) is 13.6. The van der Waals surface area contributed by atoms with E-state index >= 15 is 0 Å². The van der Waals surface area contributed by atoms with Crippen LogP contribution in [0.5, 0.6) is 0 Å². The van der Waals surface area contributed by atoms with Crippen molar-refractivity contribution in [1.29, 1.82) is 0 Å². The zero-order valence-electron chi connectivity index (χ0n) is 41.2. The van der Waals surface area contributed by atoms with Crippen LogP contribution in [0.1, 0.15) is 119 Å². The van der Waals surface area contributed by atoms with Gasteiger partial charge in [0, 0.05) is 36.5 Å². The first-order valence-electron chi connectivity index (χ1n) is 24.5. The number of carbonyl (C=O) groups is 2. The first-order valence-corrected chi connectivity index (χ1v) is 24.5. The zero-order valence-corrected chi connectivity index (χ0v) is 41.2. The van der Waals surface area contributed by atoms with Crippen LogP contribution in [0.2, 0.25) is 0 Å². The van der Waals surface area contributed by atoms with Crippen LogP contribution >= 0.6 is 0 Å². The molecule has 16 nitrogen and oxygen atoms in total. The van der Waals surface area contributed by atoms with Crippen molar-refractivity contribution in [2.75, 3.05) is 68.5 Å². The van der Waals surface area contributed by atoms with Crippen molar-refractivity contribution in [3.8, 4) is 0 Å². The molecule has 8 aliphatic heterocycles. The van der Waals surface area contributed by atoms with E-state index in [1.807, 2.05) is 13.8 Å². The van der Waals surface area contributed by atoms with Crippen LogP contribution in [-0.4, -0.2) is 137 Å². The van der Waals surface area contributed by atoms with E-state index in [-0.39, 0.29) is 25.0 Å². The standard InChI is InChI=1S/2C22H41N2O4.C4H4O4/c2*1-15-9-10-18-16(2)19(23-13-7-8-14-24(4,5)6)25-20-22(18)17(15)11-12-21(3,26-20)27-28-22;5-3(6)1-2-4(7)8/h2*15-20,23H,7-14H2,1-6H3;1-2H,(H,5,6)(H,7,8)/q2*+1;/p-2/b;;2-1+/t2*15-,16-,17+,18+,19?,20-,21+,22-;/m11./s1. The third-order valence-corrected chi connectivity index (χ3v) is 15.9. The van der Waals surface area contributed by atoms with Crippen LogP contribution < -0.4 is 20.8 Å². The predicted octanol–water partition coefficient (Wildman–Crippen LogP) is 3.58. The largest absolute Gasteiger partial charge is 0.545 e. The maximum atomic E-state index is 9.41. The summed E-state index contributed by atoms with van der Waals surface area (Å²) in [5, 5.41) is 26.2. The number of ether oxygens (including phenoxy) is 4. The first-order chi connectivity index (χ1) is 29.9. The van der Waals surface area contributed by atoms with Gasteiger partial charge in [0.25, 0.3) is 0 Å². The SMILES string of the molecule is C[C@@H]1CC[C@H]2[C@@H](C)C(NCCCC[N+](C)(C)C)O[C@@H]3O[C@]4(C)CC[C@@H]1[C@]32OO4.C[C@@H]1CC[C@H]2[C@@H](C)C(NCCCC[N+](C)(C)C)O[C@@H]3O[C@]4(C)CC[C@@H]1[C@]32OO4.O=C([O-])/C=C/C(=O)[O-]. The summed E-state index contributed by atoms with van der Waals surface area (Å²) in [5.74, 6) is -0.813. The van der Waals surface area contributed by atoms with E-state index in [0.29, 0.717) is 59.5 Å². The zero-order chi connectivity index (χ0) is 46.9. The molecule has 16 heteroatoms. The second-order valence-electron chi connectivity index (χ2n) is 23.0. The summed E-state index contributed by atoms with van der Waals surface area (Å²) >= 11 is 0. The Morgan fingerprint density at radius 1 is 0.562 bits per heavy atom. The van der Waals surface area contributed by atoms with E-state index in [9.17, 15) is 19.8 Å². The van der Waals surface area contributed by atoms with Crippen LogP contribution in [-0.2, 0) is 48.1 Å². The molecule has 2 aliphatic carbocycles. The molecule has 8 saturated heterocycles. The van der Waals surface area contributed by atoms with Crippen molar-refractivity contribution < 1.29 is 67.3 Å². The quantitative estimate of drug-likeness (QED) is 0.112. The van der Waals surface area contributed by atoms with E-state index in [2.05, 4.69) is 80.6 Å². The third kappa shape index (κ3) is 11.5. The molecule has 8 heterocycles. The topological polar surface area (TPSA) is 178 Å². The molecule has 16 atom stereocenters. The van der Waals surface area contributed by atoms with Gasteiger partial charge in [-0.2, -0.15) is 0 Å². The number of nitrogens with zero attached hydrogens (tertiary/aromatic N) is 2. The van der Waals surface area contributed by atoms with Crippen LogP contribution in [0.3, 0.4) is 0 Å². The fraction of sp³-hybridized carbons (Fsp3) is 0.917. The average Bonchev–Trinajstić information content (AvgIpc) is 3.58. The number of unbranched alkanes of at least 4 members (excludes halogenated alkanes) is 2. The minimum atomic E-state index is -1.55. The molecule has 0 amide bonds. The lowest BCUT2D eigenvalue weighted by molar-refractivity contribution is -0.870. The second kappa shape index (κ2) is 20.4. The summed E-state index contributed by atoms with van der Waals surface area (Å²) in [7, 11) is 13.5. The lowest BCUT2D eigenvalue weighted by Gasteiger charge is -2.60. The normalized spacial score (nSPS) is 43.4. The molecule has 64 heavy (non-hydrogen) atoms. The lowest BCUT2D eigenvalue weighted by Crippen LogP contribution is -2.71. The van der Waals surface area contributed by atoms with Gasteiger partial charge in [-0.1, -0.05) is 27.7 Å². The average molecular weight is 909 g/mol. The molecule has 4 bridgehead atoms. The number of nitrogens with one attached hydrogen (secondary N) is 2. The Balaban J connectivity index is 0.000000182. The molecule has 368 valence electrons. The Bertz CT molecular complexity index is 1490. The lowest BCUT2D eigenvalue weighted by atomic mass is 9.58. The maximum absolute atomic E-state index is 9.41. The van der Waals surface area contributed by atoms with Gasteiger partial charge in [-0.25, -0.2) is 19.6 Å². The van der Waals surface area contributed by atoms with Crippen LogP contribution in [0.15, 0.2) is 12.2 Å². The van der Waals surface area contributed by atoms with Gasteiger partial charge in [-0.15, -0.1) is 0 Å². The Morgan fingerprint density at radius 3 is 1.28 bits per heavy atom. The Kier molecular flexibility index (Phi) is 16.5. The number of aliphatic carboxylic acids is 2. The summed E-state index contributed by atoms with van der Waals surface area (Å²) < 4.78 is 28.0. The minimum absolute atomic E-state index is 0.0188. The Hall–Kier alpha value is -1.80. The molecule has 10 fully saturated rings. The minimum Gasteiger partial charge on any atom is -0.545 e. The summed E-state index contributed by atoms with van der Waals surface area (Å²) in [5.41, 5.74) is -0.899. The highest BCUT2D eigenvalue weighted by Crippen LogP contribution is 2.62. The van der Waals surface area contributed by atoms with Gasteiger partial charge in [-0.05, 0) is 127 Å². The van der Waals surface area contributed by atoms with Gasteiger partial charge < -0.3 is 47.7 Å². The highest BCUT2D eigenvalue weighted by atomic mass is 17.3. The van der Waals surface area contributed by atoms with Gasteiger partial charge >= 0.3 is 0 Å².